The minimum Gasteiger partial charge on any atom is -0.379 e. The van der Waals surface area contributed by atoms with Gasteiger partial charge in [0.1, 0.15) is 0 Å². The number of hydrogen-bond donors (Lipinski definition) is 2. The first kappa shape index (κ1) is 8.33. The molecule has 14 heavy (non-hydrogen) atoms. The zero-order chi connectivity index (χ0) is 9.71. The van der Waals surface area contributed by atoms with Crippen LogP contribution in [0.3, 0.4) is 0 Å². The zero-order valence-corrected chi connectivity index (χ0v) is 8.80. The average Bonchev–Trinajstić information content (AvgIpc) is 2.77. The normalized spacial score (nSPS) is 34.3. The summed E-state index contributed by atoms with van der Waals surface area (Å²) in [6.07, 6.45) is 4.23. The summed E-state index contributed by atoms with van der Waals surface area (Å²) in [5, 5.41) is 10.9. The lowest BCUT2D eigenvalue weighted by Crippen LogP contribution is -2.19. The molecule has 0 aromatic carbocycles. The monoisotopic (exact) mass is 191 g/mol. The molecule has 0 saturated heterocycles. The summed E-state index contributed by atoms with van der Waals surface area (Å²) in [6.45, 7) is 4.15. The fourth-order valence-corrected chi connectivity index (χ4v) is 2.83. The van der Waals surface area contributed by atoms with Gasteiger partial charge in [-0.05, 0) is 44.9 Å². The molecule has 2 aliphatic rings. The molecule has 0 radical (unpaired) electrons. The second-order valence-corrected chi connectivity index (χ2v) is 4.80. The van der Waals surface area contributed by atoms with Crippen LogP contribution in [0.2, 0.25) is 0 Å². The fourth-order valence-electron chi connectivity index (χ4n) is 2.83. The van der Waals surface area contributed by atoms with E-state index < -0.39 is 0 Å². The second kappa shape index (κ2) is 2.75. The summed E-state index contributed by atoms with van der Waals surface area (Å²) in [5.41, 5.74) is 3.51. The maximum atomic E-state index is 4.21. The van der Waals surface area contributed by atoms with Crippen molar-refractivity contribution in [2.24, 2.45) is 11.8 Å². The number of hydrogen-bond acceptors (Lipinski definition) is 2. The van der Waals surface area contributed by atoms with Gasteiger partial charge in [0, 0.05) is 6.04 Å². The zero-order valence-electron chi connectivity index (χ0n) is 8.80. The van der Waals surface area contributed by atoms with E-state index in [1.807, 2.05) is 0 Å². The molecule has 1 aromatic rings. The molecule has 0 bridgehead atoms. The summed E-state index contributed by atoms with van der Waals surface area (Å²) >= 11 is 0. The van der Waals surface area contributed by atoms with Crippen LogP contribution in [0.15, 0.2) is 0 Å². The molecule has 1 heterocycles. The first-order valence-corrected chi connectivity index (χ1v) is 5.54. The van der Waals surface area contributed by atoms with Crippen LogP contribution in [-0.2, 0) is 0 Å². The SMILES string of the molecule is Cc1n[nH]c(C)c1NC1CCC2CC21. The number of aryl methyl sites for hydroxylation is 2. The van der Waals surface area contributed by atoms with Gasteiger partial charge in [-0.2, -0.15) is 5.10 Å². The van der Waals surface area contributed by atoms with Gasteiger partial charge in [-0.15, -0.1) is 0 Å². The molecular weight excluding hydrogens is 174 g/mol. The third kappa shape index (κ3) is 1.15. The van der Waals surface area contributed by atoms with Gasteiger partial charge in [-0.25, -0.2) is 0 Å². The van der Waals surface area contributed by atoms with Crippen molar-refractivity contribution in [1.29, 1.82) is 0 Å². The van der Waals surface area contributed by atoms with Gasteiger partial charge in [-0.1, -0.05) is 0 Å². The number of fused-ring (bicyclic) bond motifs is 1. The van der Waals surface area contributed by atoms with Crippen LogP contribution >= 0.6 is 0 Å². The molecule has 0 amide bonds. The van der Waals surface area contributed by atoms with Crippen molar-refractivity contribution >= 4 is 5.69 Å². The number of anilines is 1. The van der Waals surface area contributed by atoms with Crippen LogP contribution in [0.4, 0.5) is 5.69 Å². The van der Waals surface area contributed by atoms with Crippen molar-refractivity contribution in [1.82, 2.24) is 10.2 Å². The van der Waals surface area contributed by atoms with Gasteiger partial charge >= 0.3 is 0 Å². The van der Waals surface area contributed by atoms with Crippen LogP contribution in [0.1, 0.15) is 30.7 Å². The van der Waals surface area contributed by atoms with Crippen molar-refractivity contribution in [3.8, 4) is 0 Å². The Labute approximate surface area is 84.3 Å². The van der Waals surface area contributed by atoms with Crippen LogP contribution < -0.4 is 5.32 Å². The largest absolute Gasteiger partial charge is 0.379 e. The third-order valence-corrected chi connectivity index (χ3v) is 3.80. The van der Waals surface area contributed by atoms with Gasteiger partial charge in [0.15, 0.2) is 0 Å². The van der Waals surface area contributed by atoms with Crippen molar-refractivity contribution in [3.63, 3.8) is 0 Å². The molecule has 2 N–H and O–H groups in total. The molecule has 2 saturated carbocycles. The van der Waals surface area contributed by atoms with Crippen LogP contribution in [0.5, 0.6) is 0 Å². The van der Waals surface area contributed by atoms with Gasteiger partial charge in [-0.3, -0.25) is 5.10 Å². The Morgan fingerprint density at radius 1 is 1.36 bits per heavy atom. The Morgan fingerprint density at radius 2 is 2.21 bits per heavy atom. The predicted octanol–water partition coefficient (Wildman–Crippen LogP) is 2.24. The number of aromatic nitrogens is 2. The van der Waals surface area contributed by atoms with E-state index in [0.29, 0.717) is 0 Å². The molecule has 3 rings (SSSR count). The molecule has 3 unspecified atom stereocenters. The molecule has 3 heteroatoms. The quantitative estimate of drug-likeness (QED) is 0.752. The highest BCUT2D eigenvalue weighted by atomic mass is 15.2. The molecule has 0 aliphatic heterocycles. The topological polar surface area (TPSA) is 40.7 Å². The van der Waals surface area contributed by atoms with E-state index in [4.69, 9.17) is 0 Å². The minimum absolute atomic E-state index is 0.718. The Bertz CT molecular complexity index is 336. The molecule has 2 aliphatic carbocycles. The molecule has 1 aromatic heterocycles. The maximum Gasteiger partial charge on any atom is 0.0825 e. The lowest BCUT2D eigenvalue weighted by Gasteiger charge is -2.15. The number of nitrogens with one attached hydrogen (secondary N) is 2. The lowest BCUT2D eigenvalue weighted by atomic mass is 10.1. The first-order valence-electron chi connectivity index (χ1n) is 5.54. The Balaban J connectivity index is 1.77. The minimum atomic E-state index is 0.718. The number of rotatable bonds is 2. The van der Waals surface area contributed by atoms with E-state index in [1.54, 1.807) is 0 Å². The Morgan fingerprint density at radius 3 is 2.71 bits per heavy atom. The van der Waals surface area contributed by atoms with E-state index in [2.05, 4.69) is 29.4 Å². The summed E-state index contributed by atoms with van der Waals surface area (Å²) in [7, 11) is 0. The summed E-state index contributed by atoms with van der Waals surface area (Å²) in [6, 6.07) is 0.718. The average molecular weight is 191 g/mol. The number of H-pyrrole nitrogens is 1. The van der Waals surface area contributed by atoms with Crippen molar-refractivity contribution < 1.29 is 0 Å². The highest BCUT2D eigenvalue weighted by molar-refractivity contribution is 5.52. The van der Waals surface area contributed by atoms with Crippen molar-refractivity contribution in [2.45, 2.75) is 39.2 Å². The highest BCUT2D eigenvalue weighted by Gasteiger charge is 2.48. The van der Waals surface area contributed by atoms with Gasteiger partial charge in [0.05, 0.1) is 17.1 Å². The summed E-state index contributed by atoms with van der Waals surface area (Å²) in [4.78, 5) is 0. The van der Waals surface area contributed by atoms with E-state index in [9.17, 15) is 0 Å². The Hall–Kier alpha value is -0.990. The predicted molar refractivity (Wildman–Crippen MR) is 56.3 cm³/mol. The van der Waals surface area contributed by atoms with Crippen LogP contribution in [-0.4, -0.2) is 16.2 Å². The standard InChI is InChI=1S/C11H17N3/c1-6-11(7(2)14-13-6)12-10-4-3-8-5-9(8)10/h8-10,12H,3-5H2,1-2H3,(H,13,14). The van der Waals surface area contributed by atoms with Crippen molar-refractivity contribution in [2.75, 3.05) is 5.32 Å². The van der Waals surface area contributed by atoms with Gasteiger partial charge in [0.25, 0.3) is 0 Å². The number of nitrogens with zero attached hydrogens (tertiary/aromatic N) is 1. The van der Waals surface area contributed by atoms with Crippen LogP contribution in [0.25, 0.3) is 0 Å². The van der Waals surface area contributed by atoms with E-state index >= 15 is 0 Å². The summed E-state index contributed by atoms with van der Waals surface area (Å²) in [5.74, 6) is 2.00. The smallest absolute Gasteiger partial charge is 0.0825 e. The first-order chi connectivity index (χ1) is 6.75. The van der Waals surface area contributed by atoms with E-state index in [1.165, 1.54) is 30.6 Å². The Kier molecular flexibility index (Phi) is 1.64. The molecule has 2 fully saturated rings. The molecule has 3 atom stereocenters. The molecule has 76 valence electrons. The van der Waals surface area contributed by atoms with E-state index in [-0.39, 0.29) is 0 Å². The lowest BCUT2D eigenvalue weighted by molar-refractivity contribution is 0.653. The van der Waals surface area contributed by atoms with E-state index in [0.717, 1.165) is 23.6 Å². The maximum absolute atomic E-state index is 4.21. The third-order valence-electron chi connectivity index (χ3n) is 3.80. The summed E-state index contributed by atoms with van der Waals surface area (Å²) < 4.78 is 0. The number of aromatic amines is 1. The fraction of sp³-hybridized carbons (Fsp3) is 0.727. The second-order valence-electron chi connectivity index (χ2n) is 4.80. The van der Waals surface area contributed by atoms with Gasteiger partial charge < -0.3 is 5.32 Å². The molecular formula is C11H17N3. The molecule has 0 spiro atoms. The van der Waals surface area contributed by atoms with Gasteiger partial charge in [0.2, 0.25) is 0 Å². The van der Waals surface area contributed by atoms with Crippen LogP contribution in [0, 0.1) is 25.7 Å². The highest BCUT2D eigenvalue weighted by Crippen LogP contribution is 2.52. The van der Waals surface area contributed by atoms with Crippen molar-refractivity contribution in [3.05, 3.63) is 11.4 Å². The molecule has 3 nitrogen and oxygen atoms in total.